The molecule has 0 atom stereocenters. The van der Waals surface area contributed by atoms with Gasteiger partial charge < -0.3 is 0 Å². The van der Waals surface area contributed by atoms with Crippen molar-refractivity contribution in [2.75, 3.05) is 0 Å². The molecule has 53 valence electrons. The van der Waals surface area contributed by atoms with Crippen LogP contribution in [-0.2, 0) is 0 Å². The molecular weight excluding hydrogens is 134 g/mol. The summed E-state index contributed by atoms with van der Waals surface area (Å²) >= 11 is 0. The maximum absolute atomic E-state index is 4.19. The summed E-state index contributed by atoms with van der Waals surface area (Å²) in [6.07, 6.45) is 1.82. The number of benzene rings is 1. The highest BCUT2D eigenvalue weighted by atomic mass is 14.7. The van der Waals surface area contributed by atoms with Gasteiger partial charge in [0.25, 0.3) is 0 Å². The summed E-state index contributed by atoms with van der Waals surface area (Å²) in [5.74, 6) is 0. The van der Waals surface area contributed by atoms with Crippen LogP contribution in [0.1, 0.15) is 5.69 Å². The van der Waals surface area contributed by atoms with Crippen molar-refractivity contribution in [1.29, 1.82) is 0 Å². The van der Waals surface area contributed by atoms with Gasteiger partial charge >= 0.3 is 0 Å². The molecule has 0 aliphatic rings. The molecule has 1 radical (unpaired) electrons. The molecule has 0 saturated heterocycles. The van der Waals surface area contributed by atoms with Gasteiger partial charge in [-0.15, -0.1) is 0 Å². The van der Waals surface area contributed by atoms with E-state index in [9.17, 15) is 0 Å². The summed E-state index contributed by atoms with van der Waals surface area (Å²) in [4.78, 5) is 4.19. The summed E-state index contributed by atoms with van der Waals surface area (Å²) in [6.45, 7) is 2.02. The second kappa shape index (κ2) is 2.35. The Labute approximate surface area is 65.7 Å². The largest absolute Gasteiger partial charge is 0.261 e. The van der Waals surface area contributed by atoms with Gasteiger partial charge in [0.2, 0.25) is 0 Å². The zero-order chi connectivity index (χ0) is 7.68. The molecule has 2 rings (SSSR count). The molecule has 1 heteroatoms. The molecule has 1 heterocycles. The number of fused-ring (bicyclic) bond motifs is 1. The molecule has 0 aliphatic heterocycles. The van der Waals surface area contributed by atoms with E-state index < -0.39 is 0 Å². The molecule has 1 aromatic heterocycles. The van der Waals surface area contributed by atoms with E-state index in [4.69, 9.17) is 0 Å². The number of hydrogen-bond donors (Lipinski definition) is 0. The van der Waals surface area contributed by atoms with Gasteiger partial charge in [0.1, 0.15) is 0 Å². The van der Waals surface area contributed by atoms with Crippen LogP contribution in [0, 0.1) is 13.0 Å². The summed E-state index contributed by atoms with van der Waals surface area (Å²) in [5.41, 5.74) is 1.08. The molecule has 0 amide bonds. The monoisotopic (exact) mass is 142 g/mol. The van der Waals surface area contributed by atoms with E-state index in [-0.39, 0.29) is 0 Å². The van der Waals surface area contributed by atoms with Gasteiger partial charge in [-0.2, -0.15) is 0 Å². The van der Waals surface area contributed by atoms with E-state index in [1.807, 2.05) is 37.4 Å². The second-order valence-electron chi connectivity index (χ2n) is 2.54. The van der Waals surface area contributed by atoms with Crippen LogP contribution in [0.5, 0.6) is 0 Å². The molecule has 2 aromatic rings. The van der Waals surface area contributed by atoms with Gasteiger partial charge in [0.15, 0.2) is 0 Å². The van der Waals surface area contributed by atoms with Gasteiger partial charge in [0.05, 0.1) is 0 Å². The maximum Gasteiger partial charge on any atom is 0.0450 e. The number of nitrogens with zero attached hydrogens (tertiary/aromatic N) is 1. The predicted molar refractivity (Wildman–Crippen MR) is 45.3 cm³/mol. The molecule has 1 aromatic carbocycles. The highest BCUT2D eigenvalue weighted by Gasteiger charge is 1.93. The van der Waals surface area contributed by atoms with Gasteiger partial charge in [-0.25, -0.2) is 0 Å². The van der Waals surface area contributed by atoms with Crippen LogP contribution in [0.4, 0.5) is 0 Å². The first-order valence-corrected chi connectivity index (χ1v) is 3.59. The van der Waals surface area contributed by atoms with Crippen molar-refractivity contribution in [2.45, 2.75) is 6.92 Å². The fourth-order valence-corrected chi connectivity index (χ4v) is 1.21. The van der Waals surface area contributed by atoms with Crippen molar-refractivity contribution in [1.82, 2.24) is 4.98 Å². The fraction of sp³-hybridized carbons (Fsp3) is 0.100. The van der Waals surface area contributed by atoms with Gasteiger partial charge in [-0.1, -0.05) is 12.1 Å². The van der Waals surface area contributed by atoms with Crippen molar-refractivity contribution in [3.05, 3.63) is 42.2 Å². The highest BCUT2D eigenvalue weighted by molar-refractivity contribution is 5.83. The smallest absolute Gasteiger partial charge is 0.0450 e. The van der Waals surface area contributed by atoms with Gasteiger partial charge in [-0.3, -0.25) is 4.98 Å². The highest BCUT2D eigenvalue weighted by Crippen LogP contribution is 2.14. The molecule has 0 spiro atoms. The second-order valence-corrected chi connectivity index (χ2v) is 2.54. The average Bonchev–Trinajstić information content (AvgIpc) is 2.06. The molecule has 0 unspecified atom stereocenters. The Hall–Kier alpha value is -1.37. The number of aromatic nitrogens is 1. The third-order valence-electron chi connectivity index (χ3n) is 1.81. The van der Waals surface area contributed by atoms with E-state index in [1.54, 1.807) is 0 Å². The Morgan fingerprint density at radius 3 is 3.09 bits per heavy atom. The molecule has 0 fully saturated rings. The van der Waals surface area contributed by atoms with E-state index in [2.05, 4.69) is 11.1 Å². The molecule has 0 N–H and O–H groups in total. The number of rotatable bonds is 0. The van der Waals surface area contributed by atoms with Crippen LogP contribution in [0.2, 0.25) is 0 Å². The minimum Gasteiger partial charge on any atom is -0.261 e. The third kappa shape index (κ3) is 0.984. The predicted octanol–water partition coefficient (Wildman–Crippen LogP) is 2.34. The number of aryl methyl sites for hydroxylation is 1. The minimum absolute atomic E-state index is 1.08. The summed E-state index contributed by atoms with van der Waals surface area (Å²) < 4.78 is 0. The fourth-order valence-electron chi connectivity index (χ4n) is 1.21. The molecule has 0 aliphatic carbocycles. The Morgan fingerprint density at radius 2 is 2.27 bits per heavy atom. The third-order valence-corrected chi connectivity index (χ3v) is 1.81. The summed E-state index contributed by atoms with van der Waals surface area (Å²) in [5, 5.41) is 2.42. The van der Waals surface area contributed by atoms with Crippen LogP contribution in [-0.4, -0.2) is 4.98 Å². The number of pyridine rings is 1. The van der Waals surface area contributed by atoms with Crippen molar-refractivity contribution in [3.8, 4) is 0 Å². The maximum atomic E-state index is 4.19. The van der Waals surface area contributed by atoms with E-state index in [1.165, 1.54) is 10.8 Å². The lowest BCUT2D eigenvalue weighted by Gasteiger charge is -1.97. The van der Waals surface area contributed by atoms with E-state index >= 15 is 0 Å². The zero-order valence-corrected chi connectivity index (χ0v) is 6.33. The van der Waals surface area contributed by atoms with Crippen molar-refractivity contribution in [3.63, 3.8) is 0 Å². The SMILES string of the molecule is Cc1nccc2c[c]ccc12. The first-order chi connectivity index (χ1) is 5.38. The van der Waals surface area contributed by atoms with Crippen LogP contribution in [0.15, 0.2) is 30.5 Å². The van der Waals surface area contributed by atoms with Crippen molar-refractivity contribution < 1.29 is 0 Å². The number of hydrogen-bond acceptors (Lipinski definition) is 1. The Morgan fingerprint density at radius 1 is 1.36 bits per heavy atom. The van der Waals surface area contributed by atoms with Crippen LogP contribution < -0.4 is 0 Å². The first-order valence-electron chi connectivity index (χ1n) is 3.59. The molecule has 0 bridgehead atoms. The topological polar surface area (TPSA) is 12.9 Å². The van der Waals surface area contributed by atoms with Gasteiger partial charge in [-0.05, 0) is 30.5 Å². The normalized spacial score (nSPS) is 10.3. The lowest BCUT2D eigenvalue weighted by atomic mass is 10.1. The van der Waals surface area contributed by atoms with E-state index in [0.29, 0.717) is 0 Å². The van der Waals surface area contributed by atoms with Crippen molar-refractivity contribution in [2.24, 2.45) is 0 Å². The Kier molecular flexibility index (Phi) is 1.35. The molecule has 0 saturated carbocycles. The average molecular weight is 142 g/mol. The quantitative estimate of drug-likeness (QED) is 0.550. The molecule has 1 nitrogen and oxygen atoms in total. The zero-order valence-electron chi connectivity index (χ0n) is 6.33. The summed E-state index contributed by atoms with van der Waals surface area (Å²) in [6, 6.07) is 11.0. The van der Waals surface area contributed by atoms with Gasteiger partial charge in [0, 0.05) is 17.3 Å². The standard InChI is InChI=1S/C10H8N/c1-8-10-5-3-2-4-9(10)6-7-11-8/h3-7H,1H3. The molecular formula is C10H8N. The molecule has 11 heavy (non-hydrogen) atoms. The minimum atomic E-state index is 1.08. The van der Waals surface area contributed by atoms with Crippen molar-refractivity contribution >= 4 is 10.8 Å². The van der Waals surface area contributed by atoms with Crippen LogP contribution in [0.25, 0.3) is 10.8 Å². The van der Waals surface area contributed by atoms with Crippen LogP contribution >= 0.6 is 0 Å². The van der Waals surface area contributed by atoms with E-state index in [0.717, 1.165) is 5.69 Å². The van der Waals surface area contributed by atoms with Crippen LogP contribution in [0.3, 0.4) is 0 Å². The summed E-state index contributed by atoms with van der Waals surface area (Å²) in [7, 11) is 0. The first kappa shape index (κ1) is 6.35. The Balaban J connectivity index is 2.91. The Bertz CT molecular complexity index is 374. The lowest BCUT2D eigenvalue weighted by molar-refractivity contribution is 1.24. The lowest BCUT2D eigenvalue weighted by Crippen LogP contribution is -1.81.